The molecule has 2 aromatic rings. The maximum Gasteiger partial charge on any atom is 0.141 e. The van der Waals surface area contributed by atoms with Gasteiger partial charge in [-0.25, -0.2) is 4.98 Å². The zero-order valence-electron chi connectivity index (χ0n) is 10.8. The minimum absolute atomic E-state index is 0.403. The number of imidazole rings is 1. The Kier molecular flexibility index (Phi) is 2.93. The number of benzene rings is 1. The smallest absolute Gasteiger partial charge is 0.141 e. The van der Waals surface area contributed by atoms with Crippen LogP contribution in [0, 0.1) is 0 Å². The molecule has 2 rings (SSSR count). The van der Waals surface area contributed by atoms with Crippen molar-refractivity contribution in [2.45, 2.75) is 26.0 Å². The van der Waals surface area contributed by atoms with Crippen molar-refractivity contribution in [1.82, 2.24) is 9.55 Å². The number of nitrogens with zero attached hydrogens (tertiary/aromatic N) is 2. The first-order valence-corrected chi connectivity index (χ1v) is 5.71. The Balaban J connectivity index is 2.72. The second-order valence-electron chi connectivity index (χ2n) is 4.70. The molecule has 0 unspecified atom stereocenters. The summed E-state index contributed by atoms with van der Waals surface area (Å²) in [5.41, 5.74) is 8.46. The maximum absolute atomic E-state index is 5.74. The molecule has 2 N–H and O–H groups in total. The van der Waals surface area contributed by atoms with Crippen LogP contribution in [-0.4, -0.2) is 16.7 Å². The van der Waals surface area contributed by atoms with E-state index >= 15 is 0 Å². The average Bonchev–Trinajstić information content (AvgIpc) is 2.68. The van der Waals surface area contributed by atoms with Gasteiger partial charge in [-0.1, -0.05) is 12.1 Å². The van der Waals surface area contributed by atoms with E-state index in [0.717, 1.165) is 22.4 Å². The molecule has 4 nitrogen and oxygen atoms in total. The number of ether oxygens (including phenoxy) is 1. The molecule has 1 heterocycles. The Morgan fingerprint density at radius 3 is 2.71 bits per heavy atom. The first kappa shape index (κ1) is 12.1. The summed E-state index contributed by atoms with van der Waals surface area (Å²) in [4.78, 5) is 4.68. The summed E-state index contributed by atoms with van der Waals surface area (Å²) in [7, 11) is 3.70. The van der Waals surface area contributed by atoms with Crippen LogP contribution in [0.4, 0.5) is 0 Å². The number of rotatable bonds is 3. The number of fused-ring (bicyclic) bond motifs is 1. The monoisotopic (exact) mass is 233 g/mol. The van der Waals surface area contributed by atoms with Crippen LogP contribution in [0.1, 0.15) is 25.2 Å². The summed E-state index contributed by atoms with van der Waals surface area (Å²) >= 11 is 0. The molecule has 0 amide bonds. The summed E-state index contributed by atoms with van der Waals surface area (Å²) < 4.78 is 7.56. The molecule has 0 aliphatic heterocycles. The van der Waals surface area contributed by atoms with E-state index in [-0.39, 0.29) is 0 Å². The third kappa shape index (κ3) is 1.83. The van der Waals surface area contributed by atoms with Gasteiger partial charge in [0.25, 0.3) is 0 Å². The average molecular weight is 233 g/mol. The highest BCUT2D eigenvalue weighted by Crippen LogP contribution is 2.27. The lowest BCUT2D eigenvalue weighted by molar-refractivity contribution is 0.00967. The third-order valence-corrected chi connectivity index (χ3v) is 3.26. The molecular weight excluding hydrogens is 214 g/mol. The molecule has 0 radical (unpaired) electrons. The summed E-state index contributed by atoms with van der Waals surface area (Å²) in [6, 6.07) is 6.07. The minimum atomic E-state index is -0.403. The number of hydrogen-bond donors (Lipinski definition) is 1. The number of aryl methyl sites for hydroxylation is 1. The van der Waals surface area contributed by atoms with Crippen molar-refractivity contribution < 1.29 is 4.74 Å². The molecule has 1 aromatic heterocycles. The fourth-order valence-corrected chi connectivity index (χ4v) is 2.07. The fourth-order valence-electron chi connectivity index (χ4n) is 2.07. The summed E-state index contributed by atoms with van der Waals surface area (Å²) in [6.07, 6.45) is 0. The van der Waals surface area contributed by atoms with Crippen molar-refractivity contribution in [2.75, 3.05) is 7.11 Å². The van der Waals surface area contributed by atoms with Gasteiger partial charge in [0.2, 0.25) is 0 Å². The van der Waals surface area contributed by atoms with Gasteiger partial charge in [0.05, 0.1) is 11.0 Å². The molecule has 0 fully saturated rings. The van der Waals surface area contributed by atoms with Crippen molar-refractivity contribution in [2.24, 2.45) is 12.8 Å². The largest absolute Gasteiger partial charge is 0.371 e. The van der Waals surface area contributed by atoms with Gasteiger partial charge in [-0.2, -0.15) is 0 Å². The van der Waals surface area contributed by atoms with Gasteiger partial charge in [-0.05, 0) is 25.5 Å². The van der Waals surface area contributed by atoms with Crippen LogP contribution >= 0.6 is 0 Å². The van der Waals surface area contributed by atoms with Crippen molar-refractivity contribution in [1.29, 1.82) is 0 Å². The first-order valence-electron chi connectivity index (χ1n) is 5.71. The van der Waals surface area contributed by atoms with Crippen LogP contribution in [-0.2, 0) is 23.9 Å². The van der Waals surface area contributed by atoms with E-state index in [1.807, 2.05) is 33.0 Å². The number of methoxy groups -OCH3 is 1. The molecule has 0 saturated carbocycles. The SMILES string of the molecule is COC(C)(C)c1nc2c(CN)cccc2n1C. The topological polar surface area (TPSA) is 53.1 Å². The molecule has 0 atom stereocenters. The van der Waals surface area contributed by atoms with Gasteiger partial charge in [-0.15, -0.1) is 0 Å². The third-order valence-electron chi connectivity index (χ3n) is 3.26. The molecule has 0 spiro atoms. The second-order valence-corrected chi connectivity index (χ2v) is 4.70. The van der Waals surface area contributed by atoms with E-state index < -0.39 is 5.60 Å². The molecule has 0 bridgehead atoms. The van der Waals surface area contributed by atoms with Crippen molar-refractivity contribution in [3.05, 3.63) is 29.6 Å². The Morgan fingerprint density at radius 2 is 2.12 bits per heavy atom. The molecular formula is C13H19N3O. The predicted molar refractivity (Wildman–Crippen MR) is 68.6 cm³/mol. The lowest BCUT2D eigenvalue weighted by atomic mass is 10.1. The standard InChI is InChI=1S/C13H19N3O/c1-13(2,17-4)12-15-11-9(8-14)6-5-7-10(11)16(12)3/h5-7H,8,14H2,1-4H3. The second kappa shape index (κ2) is 4.13. The Hall–Kier alpha value is -1.39. The van der Waals surface area contributed by atoms with Crippen LogP contribution in [0.3, 0.4) is 0 Å². The fraction of sp³-hybridized carbons (Fsp3) is 0.462. The van der Waals surface area contributed by atoms with E-state index in [9.17, 15) is 0 Å². The minimum Gasteiger partial charge on any atom is -0.371 e. The summed E-state index contributed by atoms with van der Waals surface area (Å²) in [5.74, 6) is 0.913. The molecule has 4 heteroatoms. The van der Waals surface area contributed by atoms with Crippen molar-refractivity contribution in [3.63, 3.8) is 0 Å². The van der Waals surface area contributed by atoms with Crippen LogP contribution < -0.4 is 5.73 Å². The van der Waals surface area contributed by atoms with Crippen molar-refractivity contribution >= 4 is 11.0 Å². The molecule has 0 aliphatic carbocycles. The Morgan fingerprint density at radius 1 is 1.41 bits per heavy atom. The molecule has 0 aliphatic rings. The Bertz CT molecular complexity index is 543. The lowest BCUT2D eigenvalue weighted by Crippen LogP contribution is -2.23. The highest BCUT2D eigenvalue weighted by molar-refractivity contribution is 5.79. The van der Waals surface area contributed by atoms with E-state index in [4.69, 9.17) is 10.5 Å². The summed E-state index contributed by atoms with van der Waals surface area (Å²) in [6.45, 7) is 4.52. The maximum atomic E-state index is 5.74. The lowest BCUT2D eigenvalue weighted by Gasteiger charge is -2.22. The first-order chi connectivity index (χ1) is 8.01. The highest BCUT2D eigenvalue weighted by atomic mass is 16.5. The molecule has 1 aromatic carbocycles. The number of nitrogens with two attached hydrogens (primary N) is 1. The molecule has 92 valence electrons. The van der Waals surface area contributed by atoms with E-state index in [1.54, 1.807) is 7.11 Å². The Labute approximate surface area is 101 Å². The van der Waals surface area contributed by atoms with Crippen molar-refractivity contribution in [3.8, 4) is 0 Å². The van der Waals surface area contributed by atoms with Crippen LogP contribution in [0.25, 0.3) is 11.0 Å². The van der Waals surface area contributed by atoms with E-state index in [2.05, 4.69) is 15.6 Å². The van der Waals surface area contributed by atoms with Gasteiger partial charge >= 0.3 is 0 Å². The normalized spacial score (nSPS) is 12.3. The molecule has 0 saturated heterocycles. The predicted octanol–water partition coefficient (Wildman–Crippen LogP) is 1.91. The van der Waals surface area contributed by atoms with E-state index in [0.29, 0.717) is 6.54 Å². The van der Waals surface area contributed by atoms with Crippen LogP contribution in [0.2, 0.25) is 0 Å². The number of aromatic nitrogens is 2. The van der Waals surface area contributed by atoms with Gasteiger partial charge in [0.1, 0.15) is 11.4 Å². The zero-order valence-corrected chi connectivity index (χ0v) is 10.8. The van der Waals surface area contributed by atoms with E-state index in [1.165, 1.54) is 0 Å². The summed E-state index contributed by atoms with van der Waals surface area (Å²) in [5, 5.41) is 0. The van der Waals surface area contributed by atoms with Crippen LogP contribution in [0.15, 0.2) is 18.2 Å². The highest BCUT2D eigenvalue weighted by Gasteiger charge is 2.26. The van der Waals surface area contributed by atoms with Gasteiger partial charge in [0, 0.05) is 20.7 Å². The quantitative estimate of drug-likeness (QED) is 0.881. The number of hydrogen-bond acceptors (Lipinski definition) is 3. The van der Waals surface area contributed by atoms with Crippen LogP contribution in [0.5, 0.6) is 0 Å². The number of para-hydroxylation sites is 1. The van der Waals surface area contributed by atoms with Gasteiger partial charge in [-0.3, -0.25) is 0 Å². The zero-order chi connectivity index (χ0) is 12.6. The van der Waals surface area contributed by atoms with Gasteiger partial charge in [0.15, 0.2) is 0 Å². The molecule has 17 heavy (non-hydrogen) atoms. The van der Waals surface area contributed by atoms with Gasteiger partial charge < -0.3 is 15.0 Å².